The van der Waals surface area contributed by atoms with E-state index in [1.165, 1.54) is 44.9 Å². The molecule has 178 valence electrons. The molecule has 2 N–H and O–H groups in total. The molecule has 1 aliphatic rings. The molecule has 1 atom stereocenters. The third-order valence-corrected chi connectivity index (χ3v) is 5.07. The summed E-state index contributed by atoms with van der Waals surface area (Å²) in [5.74, 6) is 0. The first-order chi connectivity index (χ1) is 14.5. The summed E-state index contributed by atoms with van der Waals surface area (Å²) >= 11 is 0. The van der Waals surface area contributed by atoms with Crippen LogP contribution >= 0.6 is 0 Å². The third kappa shape index (κ3) is 15.4. The molecular weight excluding hydrogens is 378 g/mol. The summed E-state index contributed by atoms with van der Waals surface area (Å²) in [6.45, 7) is 9.17. The highest BCUT2D eigenvalue weighted by atomic mass is 16.5. The molecule has 0 aromatic carbocycles. The molecule has 7 nitrogen and oxygen atoms in total. The number of hydrogen-bond donors (Lipinski definition) is 2. The molecule has 30 heavy (non-hydrogen) atoms. The lowest BCUT2D eigenvalue weighted by Crippen LogP contribution is -2.36. The van der Waals surface area contributed by atoms with Crippen molar-refractivity contribution in [2.45, 2.75) is 90.6 Å². The molecule has 1 saturated carbocycles. The number of nitrogens with zero attached hydrogens (tertiary/aromatic N) is 3. The molecule has 0 heterocycles. The fourth-order valence-electron chi connectivity index (χ4n) is 3.34. The molecule has 1 unspecified atom stereocenters. The van der Waals surface area contributed by atoms with E-state index in [0.29, 0.717) is 18.1 Å². The molecular formula is C23H49N5O2. The molecule has 1 fully saturated rings. The quantitative estimate of drug-likeness (QED) is 0.313. The maximum atomic E-state index is 5.37. The van der Waals surface area contributed by atoms with Gasteiger partial charge in [-0.25, -0.2) is 9.98 Å². The maximum absolute atomic E-state index is 5.37. The Bertz CT molecular complexity index is 449. The number of hydrogen-bond acceptors (Lipinski definition) is 5. The van der Waals surface area contributed by atoms with Gasteiger partial charge >= 0.3 is 0 Å². The minimum Gasteiger partial charge on any atom is -0.469 e. The van der Waals surface area contributed by atoms with Crippen LogP contribution in [-0.4, -0.2) is 77.0 Å². The SMILES string of the molecule is CCCC(CC)NC(=NC1CCCCC1)OC.CCNC(=NCCCN(C)C)OC. The second-order valence-electron chi connectivity index (χ2n) is 8.05. The molecule has 1 aliphatic carbocycles. The maximum Gasteiger partial charge on any atom is 0.284 e. The summed E-state index contributed by atoms with van der Waals surface area (Å²) in [5.41, 5.74) is 0. The molecule has 0 radical (unpaired) electrons. The molecule has 0 spiro atoms. The summed E-state index contributed by atoms with van der Waals surface area (Å²) in [5, 5.41) is 6.46. The van der Waals surface area contributed by atoms with Crippen LogP contribution in [-0.2, 0) is 9.47 Å². The second kappa shape index (κ2) is 19.5. The lowest BCUT2D eigenvalue weighted by Gasteiger charge is -2.22. The summed E-state index contributed by atoms with van der Waals surface area (Å²) < 4.78 is 10.4. The van der Waals surface area contributed by atoms with Gasteiger partial charge in [0.2, 0.25) is 0 Å². The number of nitrogens with one attached hydrogen (secondary N) is 2. The fraction of sp³-hybridized carbons (Fsp3) is 0.913. The van der Waals surface area contributed by atoms with Crippen molar-refractivity contribution < 1.29 is 9.47 Å². The van der Waals surface area contributed by atoms with E-state index in [0.717, 1.165) is 38.5 Å². The van der Waals surface area contributed by atoms with Gasteiger partial charge in [-0.2, -0.15) is 0 Å². The summed E-state index contributed by atoms with van der Waals surface area (Å²) in [7, 11) is 7.47. The number of methoxy groups -OCH3 is 2. The van der Waals surface area contributed by atoms with Crippen LogP contribution in [0.2, 0.25) is 0 Å². The first-order valence-electron chi connectivity index (χ1n) is 11.9. The van der Waals surface area contributed by atoms with Gasteiger partial charge in [0, 0.05) is 19.1 Å². The highest BCUT2D eigenvalue weighted by Gasteiger charge is 2.15. The van der Waals surface area contributed by atoms with Crippen molar-refractivity contribution in [2.75, 3.05) is 47.9 Å². The van der Waals surface area contributed by atoms with Gasteiger partial charge in [-0.1, -0.05) is 39.5 Å². The molecule has 0 saturated heterocycles. The van der Waals surface area contributed by atoms with Gasteiger partial charge in [0.1, 0.15) is 0 Å². The van der Waals surface area contributed by atoms with Crippen molar-refractivity contribution in [3.05, 3.63) is 0 Å². The standard InChI is InChI=1S/C14H28N2O.C9H21N3O/c1-4-9-12(5-2)15-14(17-3)16-13-10-7-6-8-11-13;1-5-10-9(13-4)11-7-6-8-12(2)3/h12-13H,4-11H2,1-3H3,(H,15,16);5-8H2,1-4H3,(H,10,11). The summed E-state index contributed by atoms with van der Waals surface area (Å²) in [4.78, 5) is 11.1. The Morgan fingerprint density at radius 1 is 1.03 bits per heavy atom. The van der Waals surface area contributed by atoms with Crippen LogP contribution in [0.15, 0.2) is 9.98 Å². The molecule has 1 rings (SSSR count). The fourth-order valence-corrected chi connectivity index (χ4v) is 3.34. The lowest BCUT2D eigenvalue weighted by atomic mass is 9.96. The third-order valence-electron chi connectivity index (χ3n) is 5.07. The summed E-state index contributed by atoms with van der Waals surface area (Å²) in [6, 6.07) is 2.37. The van der Waals surface area contributed by atoms with Gasteiger partial charge < -0.3 is 25.0 Å². The van der Waals surface area contributed by atoms with Crippen molar-refractivity contribution in [2.24, 2.45) is 9.98 Å². The van der Waals surface area contributed by atoms with Gasteiger partial charge in [-0.3, -0.25) is 0 Å². The van der Waals surface area contributed by atoms with E-state index in [9.17, 15) is 0 Å². The molecule has 0 aromatic rings. The smallest absolute Gasteiger partial charge is 0.284 e. The Balaban J connectivity index is 0.000000584. The van der Waals surface area contributed by atoms with E-state index in [-0.39, 0.29) is 0 Å². The van der Waals surface area contributed by atoms with E-state index in [1.807, 2.05) is 6.92 Å². The van der Waals surface area contributed by atoms with Gasteiger partial charge in [0.05, 0.1) is 20.3 Å². The molecule has 0 aliphatic heterocycles. The summed E-state index contributed by atoms with van der Waals surface area (Å²) in [6.07, 6.45) is 11.0. The zero-order chi connectivity index (χ0) is 22.6. The van der Waals surface area contributed by atoms with Crippen molar-refractivity contribution in [3.8, 4) is 0 Å². The Morgan fingerprint density at radius 2 is 1.70 bits per heavy atom. The van der Waals surface area contributed by atoms with Crippen molar-refractivity contribution in [1.29, 1.82) is 0 Å². The van der Waals surface area contributed by atoms with Crippen LogP contribution in [0.25, 0.3) is 0 Å². The van der Waals surface area contributed by atoms with E-state index in [1.54, 1.807) is 14.2 Å². The zero-order valence-corrected chi connectivity index (χ0v) is 20.8. The second-order valence-corrected chi connectivity index (χ2v) is 8.05. The predicted molar refractivity (Wildman–Crippen MR) is 130 cm³/mol. The van der Waals surface area contributed by atoms with E-state index < -0.39 is 0 Å². The average Bonchev–Trinajstić information content (AvgIpc) is 2.75. The van der Waals surface area contributed by atoms with E-state index in [4.69, 9.17) is 14.5 Å². The Hall–Kier alpha value is -1.50. The minimum absolute atomic E-state index is 0.477. The lowest BCUT2D eigenvalue weighted by molar-refractivity contribution is 0.348. The van der Waals surface area contributed by atoms with Gasteiger partial charge in [0.25, 0.3) is 12.0 Å². The number of rotatable bonds is 10. The van der Waals surface area contributed by atoms with E-state index >= 15 is 0 Å². The predicted octanol–water partition coefficient (Wildman–Crippen LogP) is 4.04. The van der Waals surface area contributed by atoms with Crippen LogP contribution in [0, 0.1) is 0 Å². The Labute approximate surface area is 186 Å². The number of aliphatic imine (C=N–C) groups is 2. The van der Waals surface area contributed by atoms with Crippen LogP contribution in [0.3, 0.4) is 0 Å². The van der Waals surface area contributed by atoms with Crippen LogP contribution in [0.5, 0.6) is 0 Å². The topological polar surface area (TPSA) is 70.5 Å². The van der Waals surface area contributed by atoms with E-state index in [2.05, 4.69) is 48.5 Å². The van der Waals surface area contributed by atoms with Gasteiger partial charge in [-0.15, -0.1) is 0 Å². The van der Waals surface area contributed by atoms with Crippen molar-refractivity contribution in [1.82, 2.24) is 15.5 Å². The highest BCUT2D eigenvalue weighted by molar-refractivity contribution is 5.74. The molecule has 7 heteroatoms. The van der Waals surface area contributed by atoms with Gasteiger partial charge in [-0.05, 0) is 59.7 Å². The van der Waals surface area contributed by atoms with Crippen molar-refractivity contribution >= 4 is 12.0 Å². The number of amidine groups is 2. The number of ether oxygens (including phenoxy) is 2. The Morgan fingerprint density at radius 3 is 2.20 bits per heavy atom. The normalized spacial score (nSPS) is 16.5. The monoisotopic (exact) mass is 427 g/mol. The Kier molecular flexibility index (Phi) is 18.5. The first kappa shape index (κ1) is 28.5. The highest BCUT2D eigenvalue weighted by Crippen LogP contribution is 2.20. The van der Waals surface area contributed by atoms with Crippen LogP contribution in [0.1, 0.15) is 78.6 Å². The van der Waals surface area contributed by atoms with Gasteiger partial charge in [0.15, 0.2) is 0 Å². The average molecular weight is 428 g/mol. The zero-order valence-electron chi connectivity index (χ0n) is 20.8. The van der Waals surface area contributed by atoms with Crippen LogP contribution < -0.4 is 10.6 Å². The molecule has 0 aromatic heterocycles. The largest absolute Gasteiger partial charge is 0.469 e. The van der Waals surface area contributed by atoms with Crippen molar-refractivity contribution in [3.63, 3.8) is 0 Å². The molecule has 0 amide bonds. The first-order valence-corrected chi connectivity index (χ1v) is 11.9. The molecule has 0 bridgehead atoms. The minimum atomic E-state index is 0.477. The van der Waals surface area contributed by atoms with Crippen LogP contribution in [0.4, 0.5) is 0 Å².